The smallest absolute Gasteiger partial charge is 0.161 e. The molecule has 1 aromatic carbocycles. The largest absolute Gasteiger partial charge is 0.490 e. The highest BCUT2D eigenvalue weighted by Gasteiger charge is 2.37. The van der Waals surface area contributed by atoms with Crippen LogP contribution >= 0.6 is 0 Å². The third-order valence-electron chi connectivity index (χ3n) is 4.78. The van der Waals surface area contributed by atoms with Crippen LogP contribution in [0.15, 0.2) is 23.3 Å². The minimum absolute atomic E-state index is 0.231. The van der Waals surface area contributed by atoms with Crippen LogP contribution in [0.1, 0.15) is 45.2 Å². The fourth-order valence-corrected chi connectivity index (χ4v) is 3.70. The highest BCUT2D eigenvalue weighted by atomic mass is 16.5. The molecule has 2 heterocycles. The van der Waals surface area contributed by atoms with Gasteiger partial charge in [0.25, 0.3) is 0 Å². The first kappa shape index (κ1) is 17.1. The van der Waals surface area contributed by atoms with E-state index in [0.717, 1.165) is 31.0 Å². The van der Waals surface area contributed by atoms with Crippen molar-refractivity contribution in [1.82, 2.24) is 10.3 Å². The van der Waals surface area contributed by atoms with Gasteiger partial charge in [-0.05, 0) is 44.5 Å². The van der Waals surface area contributed by atoms with E-state index in [2.05, 4.69) is 34.5 Å². The first-order chi connectivity index (χ1) is 11.8. The molecule has 5 nitrogen and oxygen atoms in total. The summed E-state index contributed by atoms with van der Waals surface area (Å²) in [6, 6.07) is 6.51. The molecule has 0 aromatic heterocycles. The van der Waals surface area contributed by atoms with Crippen molar-refractivity contribution < 1.29 is 9.47 Å². The lowest BCUT2D eigenvalue weighted by Crippen LogP contribution is -2.42. The minimum atomic E-state index is 0.231. The number of likely N-dealkylation sites (tertiary alicyclic amines) is 1. The molecule has 3 rings (SSSR count). The number of benzene rings is 1. The van der Waals surface area contributed by atoms with E-state index in [1.165, 1.54) is 24.2 Å². The normalized spacial score (nSPS) is 23.4. The third kappa shape index (κ3) is 3.51. The van der Waals surface area contributed by atoms with Gasteiger partial charge in [0, 0.05) is 31.1 Å². The molecule has 2 aliphatic heterocycles. The summed E-state index contributed by atoms with van der Waals surface area (Å²) in [6.45, 7) is 10.9. The van der Waals surface area contributed by atoms with E-state index in [9.17, 15) is 0 Å². The molecule has 1 saturated heterocycles. The third-order valence-corrected chi connectivity index (χ3v) is 4.78. The highest BCUT2D eigenvalue weighted by Crippen LogP contribution is 2.37. The Balaban J connectivity index is 1.79. The second kappa shape index (κ2) is 7.88. The van der Waals surface area contributed by atoms with Crippen LogP contribution in [0.25, 0.3) is 0 Å². The van der Waals surface area contributed by atoms with Crippen molar-refractivity contribution in [2.24, 2.45) is 11.0 Å². The van der Waals surface area contributed by atoms with Gasteiger partial charge in [0.05, 0.1) is 19.3 Å². The average Bonchev–Trinajstić information content (AvgIpc) is 3.00. The number of nitrogens with one attached hydrogen (secondary N) is 1. The molecule has 1 N–H and O–H groups in total. The molecular formula is C19H29N3O2. The van der Waals surface area contributed by atoms with Crippen LogP contribution in [-0.4, -0.2) is 43.5 Å². The van der Waals surface area contributed by atoms with Crippen molar-refractivity contribution in [3.05, 3.63) is 23.8 Å². The molecule has 2 unspecified atom stereocenters. The fraction of sp³-hybridized carbons (Fsp3) is 0.632. The maximum Gasteiger partial charge on any atom is 0.161 e. The van der Waals surface area contributed by atoms with Gasteiger partial charge in [-0.15, -0.1) is 0 Å². The summed E-state index contributed by atoms with van der Waals surface area (Å²) in [5.41, 5.74) is 5.91. The molecule has 2 atom stereocenters. The number of hydrogen-bond donors (Lipinski definition) is 1. The van der Waals surface area contributed by atoms with Crippen molar-refractivity contribution in [2.75, 3.05) is 32.8 Å². The van der Waals surface area contributed by atoms with Crippen molar-refractivity contribution >= 4 is 5.71 Å². The number of fused-ring (bicyclic) bond motifs is 1. The van der Waals surface area contributed by atoms with E-state index in [4.69, 9.17) is 9.47 Å². The van der Waals surface area contributed by atoms with Gasteiger partial charge in [-0.1, -0.05) is 13.0 Å². The lowest BCUT2D eigenvalue weighted by atomic mass is 9.86. The van der Waals surface area contributed by atoms with Crippen LogP contribution in [0.5, 0.6) is 11.5 Å². The molecular weight excluding hydrogens is 302 g/mol. The Kier molecular flexibility index (Phi) is 5.61. The second-order valence-corrected chi connectivity index (χ2v) is 6.44. The zero-order valence-electron chi connectivity index (χ0n) is 15.0. The quantitative estimate of drug-likeness (QED) is 0.833. The number of hydrogen-bond acceptors (Lipinski definition) is 5. The predicted octanol–water partition coefficient (Wildman–Crippen LogP) is 3.22. The van der Waals surface area contributed by atoms with Gasteiger partial charge in [0.2, 0.25) is 0 Å². The SMILES string of the molecule is CCCN1CCC2=NNC(c3ccc(OCC)c(OCC)c3)C2C1. The standard InChI is InChI=1S/C19H29N3O2/c1-4-10-22-11-9-16-15(13-22)19(21-20-16)14-7-8-17(23-5-2)18(12-14)24-6-3/h7-8,12,15,19,21H,4-6,9-11,13H2,1-3H3. The number of rotatable bonds is 7. The summed E-state index contributed by atoms with van der Waals surface area (Å²) in [5.74, 6) is 2.10. The molecule has 5 heteroatoms. The lowest BCUT2D eigenvalue weighted by Gasteiger charge is -2.33. The predicted molar refractivity (Wildman–Crippen MR) is 96.9 cm³/mol. The molecule has 0 spiro atoms. The van der Waals surface area contributed by atoms with Crippen LogP contribution in [0.4, 0.5) is 0 Å². The summed E-state index contributed by atoms with van der Waals surface area (Å²) in [7, 11) is 0. The zero-order chi connectivity index (χ0) is 16.9. The molecule has 1 aromatic rings. The second-order valence-electron chi connectivity index (χ2n) is 6.44. The van der Waals surface area contributed by atoms with Gasteiger partial charge >= 0.3 is 0 Å². The molecule has 24 heavy (non-hydrogen) atoms. The van der Waals surface area contributed by atoms with E-state index in [1.54, 1.807) is 0 Å². The molecule has 0 saturated carbocycles. The monoisotopic (exact) mass is 331 g/mol. The first-order valence-corrected chi connectivity index (χ1v) is 9.20. The van der Waals surface area contributed by atoms with Crippen LogP contribution in [-0.2, 0) is 0 Å². The molecule has 0 aliphatic carbocycles. The summed E-state index contributed by atoms with van der Waals surface area (Å²) >= 11 is 0. The van der Waals surface area contributed by atoms with Crippen LogP contribution in [0.2, 0.25) is 0 Å². The Bertz CT molecular complexity index is 588. The van der Waals surface area contributed by atoms with E-state index in [1.807, 2.05) is 19.9 Å². The number of nitrogens with zero attached hydrogens (tertiary/aromatic N) is 2. The van der Waals surface area contributed by atoms with Gasteiger partial charge in [-0.2, -0.15) is 5.10 Å². The molecule has 0 radical (unpaired) electrons. The van der Waals surface area contributed by atoms with E-state index < -0.39 is 0 Å². The van der Waals surface area contributed by atoms with Gasteiger partial charge in [-0.25, -0.2) is 0 Å². The van der Waals surface area contributed by atoms with Crippen molar-refractivity contribution in [2.45, 2.75) is 39.7 Å². The van der Waals surface area contributed by atoms with E-state index >= 15 is 0 Å². The Morgan fingerprint density at radius 1 is 1.17 bits per heavy atom. The Labute approximate surface area is 145 Å². The molecule has 2 aliphatic rings. The lowest BCUT2D eigenvalue weighted by molar-refractivity contribution is 0.228. The van der Waals surface area contributed by atoms with Crippen molar-refractivity contribution in [3.63, 3.8) is 0 Å². The Morgan fingerprint density at radius 3 is 2.71 bits per heavy atom. The molecule has 0 amide bonds. The Hall–Kier alpha value is -1.75. The average molecular weight is 331 g/mol. The number of hydrazone groups is 1. The maximum absolute atomic E-state index is 5.78. The molecule has 132 valence electrons. The fourth-order valence-electron chi connectivity index (χ4n) is 3.70. The highest BCUT2D eigenvalue weighted by molar-refractivity contribution is 5.90. The topological polar surface area (TPSA) is 46.1 Å². The van der Waals surface area contributed by atoms with Crippen LogP contribution in [0.3, 0.4) is 0 Å². The Morgan fingerprint density at radius 2 is 1.96 bits per heavy atom. The minimum Gasteiger partial charge on any atom is -0.490 e. The molecule has 1 fully saturated rings. The summed E-state index contributed by atoms with van der Waals surface area (Å²) < 4.78 is 11.5. The van der Waals surface area contributed by atoms with Gasteiger partial charge < -0.3 is 19.8 Å². The first-order valence-electron chi connectivity index (χ1n) is 9.20. The van der Waals surface area contributed by atoms with E-state index in [0.29, 0.717) is 19.1 Å². The van der Waals surface area contributed by atoms with Gasteiger partial charge in [0.1, 0.15) is 0 Å². The molecule has 0 bridgehead atoms. The van der Waals surface area contributed by atoms with Crippen LogP contribution in [0, 0.1) is 5.92 Å². The summed E-state index contributed by atoms with van der Waals surface area (Å²) in [6.07, 6.45) is 2.28. The van der Waals surface area contributed by atoms with Crippen LogP contribution < -0.4 is 14.9 Å². The zero-order valence-corrected chi connectivity index (χ0v) is 15.0. The summed E-state index contributed by atoms with van der Waals surface area (Å²) in [5, 5.41) is 4.61. The summed E-state index contributed by atoms with van der Waals surface area (Å²) in [4.78, 5) is 2.56. The number of ether oxygens (including phenoxy) is 2. The number of piperidine rings is 1. The van der Waals surface area contributed by atoms with Gasteiger partial charge in [-0.3, -0.25) is 0 Å². The van der Waals surface area contributed by atoms with E-state index in [-0.39, 0.29) is 6.04 Å². The van der Waals surface area contributed by atoms with Gasteiger partial charge in [0.15, 0.2) is 11.5 Å². The van der Waals surface area contributed by atoms with Crippen molar-refractivity contribution in [1.29, 1.82) is 0 Å². The van der Waals surface area contributed by atoms with Crippen molar-refractivity contribution in [3.8, 4) is 11.5 Å². The maximum atomic E-state index is 5.78.